The third-order valence-corrected chi connectivity index (χ3v) is 2.98. The van der Waals surface area contributed by atoms with Crippen LogP contribution in [0.5, 0.6) is 0 Å². The summed E-state index contributed by atoms with van der Waals surface area (Å²) in [5.41, 5.74) is -0.0327. The van der Waals surface area contributed by atoms with Gasteiger partial charge < -0.3 is 10.4 Å². The van der Waals surface area contributed by atoms with Crippen molar-refractivity contribution in [3.05, 3.63) is 35.9 Å². The van der Waals surface area contributed by atoms with Gasteiger partial charge in [0.05, 0.1) is 11.3 Å². The number of rotatable bonds is 5. The molecule has 0 aromatic heterocycles. The third kappa shape index (κ3) is 3.58. The van der Waals surface area contributed by atoms with Gasteiger partial charge in [-0.15, -0.1) is 0 Å². The minimum Gasteiger partial charge on any atom is -0.481 e. The van der Waals surface area contributed by atoms with Crippen LogP contribution in [0.1, 0.15) is 32.3 Å². The Morgan fingerprint density at radius 3 is 2.33 bits per heavy atom. The Balaban J connectivity index is 2.59. The molecule has 0 saturated carbocycles. The van der Waals surface area contributed by atoms with Crippen molar-refractivity contribution < 1.29 is 14.7 Å². The van der Waals surface area contributed by atoms with Gasteiger partial charge in [-0.05, 0) is 26.3 Å². The number of nitrogens with one attached hydrogen (secondary N) is 1. The molecule has 0 bridgehead atoms. The van der Waals surface area contributed by atoms with Gasteiger partial charge in [-0.1, -0.05) is 30.3 Å². The van der Waals surface area contributed by atoms with Gasteiger partial charge in [-0.25, -0.2) is 0 Å². The van der Waals surface area contributed by atoms with E-state index in [1.54, 1.807) is 20.8 Å². The molecular weight excluding hydrogens is 230 g/mol. The van der Waals surface area contributed by atoms with Crippen LogP contribution in [0.3, 0.4) is 0 Å². The van der Waals surface area contributed by atoms with Gasteiger partial charge in [-0.3, -0.25) is 9.59 Å². The molecule has 1 rings (SSSR count). The maximum atomic E-state index is 11.9. The normalized spacial score (nSPS) is 12.8. The van der Waals surface area contributed by atoms with Crippen molar-refractivity contribution in [1.29, 1.82) is 0 Å². The van der Waals surface area contributed by atoms with E-state index in [0.29, 0.717) is 0 Å². The predicted octanol–water partition coefficient (Wildman–Crippen LogP) is 2.02. The van der Waals surface area contributed by atoms with Gasteiger partial charge in [0.25, 0.3) is 0 Å². The SMILES string of the molecule is CC(C(=O)NCC(C)(C)C(=O)O)c1ccccc1. The fourth-order valence-electron chi connectivity index (χ4n) is 1.43. The lowest BCUT2D eigenvalue weighted by Gasteiger charge is -2.21. The second-order valence-corrected chi connectivity index (χ2v) is 5.04. The summed E-state index contributed by atoms with van der Waals surface area (Å²) in [4.78, 5) is 22.8. The van der Waals surface area contributed by atoms with Crippen molar-refractivity contribution in [2.45, 2.75) is 26.7 Å². The Morgan fingerprint density at radius 1 is 1.28 bits per heavy atom. The zero-order valence-corrected chi connectivity index (χ0v) is 10.9. The number of carboxylic acid groups (broad SMARTS) is 1. The Kier molecular flexibility index (Phi) is 4.48. The number of hydrogen-bond donors (Lipinski definition) is 2. The molecule has 0 radical (unpaired) electrons. The molecule has 98 valence electrons. The maximum Gasteiger partial charge on any atom is 0.310 e. The fourth-order valence-corrected chi connectivity index (χ4v) is 1.43. The highest BCUT2D eigenvalue weighted by atomic mass is 16.4. The van der Waals surface area contributed by atoms with E-state index in [9.17, 15) is 9.59 Å². The number of carboxylic acids is 1. The lowest BCUT2D eigenvalue weighted by atomic mass is 9.93. The number of hydrogen-bond acceptors (Lipinski definition) is 2. The van der Waals surface area contributed by atoms with Gasteiger partial charge in [0.1, 0.15) is 0 Å². The molecule has 1 amide bonds. The molecule has 0 fully saturated rings. The summed E-state index contributed by atoms with van der Waals surface area (Å²) in [6.07, 6.45) is 0. The molecule has 4 nitrogen and oxygen atoms in total. The summed E-state index contributed by atoms with van der Waals surface area (Å²) in [7, 11) is 0. The molecule has 2 N–H and O–H groups in total. The molecule has 4 heteroatoms. The van der Waals surface area contributed by atoms with E-state index in [1.807, 2.05) is 30.3 Å². The molecule has 0 aliphatic rings. The van der Waals surface area contributed by atoms with Crippen molar-refractivity contribution in [3.8, 4) is 0 Å². The zero-order chi connectivity index (χ0) is 13.8. The topological polar surface area (TPSA) is 66.4 Å². The number of aliphatic carboxylic acids is 1. The average Bonchev–Trinajstić information content (AvgIpc) is 2.36. The number of carbonyl (C=O) groups is 2. The average molecular weight is 249 g/mol. The van der Waals surface area contributed by atoms with E-state index in [4.69, 9.17) is 5.11 Å². The lowest BCUT2D eigenvalue weighted by molar-refractivity contribution is -0.146. The van der Waals surface area contributed by atoms with Crippen molar-refractivity contribution in [1.82, 2.24) is 5.32 Å². The molecule has 18 heavy (non-hydrogen) atoms. The minimum absolute atomic E-state index is 0.123. The van der Waals surface area contributed by atoms with Crippen molar-refractivity contribution in [2.75, 3.05) is 6.54 Å². The van der Waals surface area contributed by atoms with Crippen LogP contribution in [-0.4, -0.2) is 23.5 Å². The standard InChI is InChI=1S/C14H19NO3/c1-10(11-7-5-4-6-8-11)12(16)15-9-14(2,3)13(17)18/h4-8,10H,9H2,1-3H3,(H,15,16)(H,17,18). The van der Waals surface area contributed by atoms with Crippen molar-refractivity contribution in [3.63, 3.8) is 0 Å². The van der Waals surface area contributed by atoms with Crippen LogP contribution in [0.25, 0.3) is 0 Å². The molecule has 1 aromatic carbocycles. The molecule has 0 aliphatic heterocycles. The fraction of sp³-hybridized carbons (Fsp3) is 0.429. The summed E-state index contributed by atoms with van der Waals surface area (Å²) in [6, 6.07) is 9.40. The summed E-state index contributed by atoms with van der Waals surface area (Å²) in [5.74, 6) is -1.36. The molecule has 1 unspecified atom stereocenters. The number of benzene rings is 1. The minimum atomic E-state index is -0.952. The van der Waals surface area contributed by atoms with Crippen molar-refractivity contribution >= 4 is 11.9 Å². The summed E-state index contributed by atoms with van der Waals surface area (Å²) in [5, 5.41) is 11.6. The van der Waals surface area contributed by atoms with Crippen LogP contribution in [0, 0.1) is 5.41 Å². The van der Waals surface area contributed by atoms with Gasteiger partial charge in [0, 0.05) is 6.54 Å². The number of carbonyl (C=O) groups excluding carboxylic acids is 1. The molecular formula is C14H19NO3. The van der Waals surface area contributed by atoms with Gasteiger partial charge in [0.15, 0.2) is 0 Å². The first-order valence-electron chi connectivity index (χ1n) is 5.90. The maximum absolute atomic E-state index is 11.9. The van der Waals surface area contributed by atoms with Crippen LogP contribution >= 0.6 is 0 Å². The predicted molar refractivity (Wildman–Crippen MR) is 69.3 cm³/mol. The first-order valence-corrected chi connectivity index (χ1v) is 5.90. The van der Waals surface area contributed by atoms with E-state index in [2.05, 4.69) is 5.32 Å². The van der Waals surface area contributed by atoms with E-state index in [1.165, 1.54) is 0 Å². The highest BCUT2D eigenvalue weighted by Gasteiger charge is 2.28. The third-order valence-electron chi connectivity index (χ3n) is 2.98. The number of amides is 1. The van der Waals surface area contributed by atoms with Gasteiger partial charge in [0.2, 0.25) is 5.91 Å². The monoisotopic (exact) mass is 249 g/mol. The van der Waals surface area contributed by atoms with Crippen LogP contribution in [0.15, 0.2) is 30.3 Å². The molecule has 0 saturated heterocycles. The zero-order valence-electron chi connectivity index (χ0n) is 10.9. The van der Waals surface area contributed by atoms with E-state index in [-0.39, 0.29) is 18.4 Å². The van der Waals surface area contributed by atoms with Crippen LogP contribution in [-0.2, 0) is 9.59 Å². The second kappa shape index (κ2) is 5.67. The summed E-state index contributed by atoms with van der Waals surface area (Å²) < 4.78 is 0. The first kappa shape index (κ1) is 14.2. The van der Waals surface area contributed by atoms with E-state index in [0.717, 1.165) is 5.56 Å². The highest BCUT2D eigenvalue weighted by molar-refractivity contribution is 5.84. The van der Waals surface area contributed by atoms with Gasteiger partial charge in [-0.2, -0.15) is 0 Å². The lowest BCUT2D eigenvalue weighted by Crippen LogP contribution is -2.40. The Hall–Kier alpha value is -1.84. The van der Waals surface area contributed by atoms with Crippen LogP contribution < -0.4 is 5.32 Å². The van der Waals surface area contributed by atoms with Crippen LogP contribution in [0.4, 0.5) is 0 Å². The Morgan fingerprint density at radius 2 is 1.83 bits per heavy atom. The molecule has 0 aliphatic carbocycles. The van der Waals surface area contributed by atoms with Crippen LogP contribution in [0.2, 0.25) is 0 Å². The molecule has 1 aromatic rings. The largest absolute Gasteiger partial charge is 0.481 e. The molecule has 1 atom stereocenters. The molecule has 0 spiro atoms. The second-order valence-electron chi connectivity index (χ2n) is 5.04. The smallest absolute Gasteiger partial charge is 0.310 e. The summed E-state index contributed by atoms with van der Waals surface area (Å²) >= 11 is 0. The quantitative estimate of drug-likeness (QED) is 0.839. The van der Waals surface area contributed by atoms with E-state index < -0.39 is 11.4 Å². The highest BCUT2D eigenvalue weighted by Crippen LogP contribution is 2.17. The van der Waals surface area contributed by atoms with Crippen molar-refractivity contribution in [2.24, 2.45) is 5.41 Å². The summed E-state index contributed by atoms with van der Waals surface area (Å²) in [6.45, 7) is 5.10. The first-order chi connectivity index (χ1) is 8.34. The van der Waals surface area contributed by atoms with E-state index >= 15 is 0 Å². The van der Waals surface area contributed by atoms with Gasteiger partial charge >= 0.3 is 5.97 Å². The Bertz CT molecular complexity index is 426. The molecule has 0 heterocycles. The Labute approximate surface area is 107 Å².